The Morgan fingerprint density at radius 1 is 1.50 bits per heavy atom. The molecule has 0 atom stereocenters. The summed E-state index contributed by atoms with van der Waals surface area (Å²) in [7, 11) is 0. The molecule has 0 amide bonds. The summed E-state index contributed by atoms with van der Waals surface area (Å²) >= 11 is 1.26. The van der Waals surface area contributed by atoms with Crippen molar-refractivity contribution in [2.24, 2.45) is 0 Å². The summed E-state index contributed by atoms with van der Waals surface area (Å²) < 4.78 is 0. The molecule has 0 radical (unpaired) electrons. The second-order valence-electron chi connectivity index (χ2n) is 3.85. The minimum Gasteiger partial charge on any atom is -0.288 e. The molecule has 0 fully saturated rings. The van der Waals surface area contributed by atoms with E-state index in [1.54, 1.807) is 18.2 Å². The molecule has 0 saturated carbocycles. The molecule has 0 heterocycles. The Balaban J connectivity index is 2.69. The zero-order valence-electron chi connectivity index (χ0n) is 10.4. The number of benzene rings is 1. The number of aryl methyl sites for hydroxylation is 1. The van der Waals surface area contributed by atoms with Gasteiger partial charge in [-0.25, -0.2) is 0 Å². The van der Waals surface area contributed by atoms with Gasteiger partial charge in [0.1, 0.15) is 0 Å². The summed E-state index contributed by atoms with van der Waals surface area (Å²) in [6.07, 6.45) is 4.31. The molecule has 0 aliphatic heterocycles. The van der Waals surface area contributed by atoms with Crippen LogP contribution < -0.4 is 0 Å². The average Bonchev–Trinajstić information content (AvgIpc) is 2.29. The highest BCUT2D eigenvalue weighted by Crippen LogP contribution is 2.21. The number of hydrogen-bond donors (Lipinski definition) is 0. The van der Waals surface area contributed by atoms with Crippen molar-refractivity contribution in [1.82, 2.24) is 0 Å². The first-order valence-electron chi connectivity index (χ1n) is 5.55. The summed E-state index contributed by atoms with van der Waals surface area (Å²) in [5, 5.41) is 11.0. The highest BCUT2D eigenvalue weighted by atomic mass is 32.2. The number of hydrogen-bond acceptors (Lipinski definition) is 4. The molecular weight excluding hydrogens is 250 g/mol. The van der Waals surface area contributed by atoms with Crippen molar-refractivity contribution >= 4 is 28.6 Å². The van der Waals surface area contributed by atoms with Gasteiger partial charge in [-0.05, 0) is 25.0 Å². The Morgan fingerprint density at radius 2 is 2.22 bits per heavy atom. The molecule has 0 aliphatic carbocycles. The van der Waals surface area contributed by atoms with Crippen LogP contribution >= 0.6 is 11.8 Å². The minimum absolute atomic E-state index is 0.0877. The van der Waals surface area contributed by atoms with Crippen molar-refractivity contribution in [3.05, 3.63) is 45.5 Å². The van der Waals surface area contributed by atoms with E-state index in [2.05, 4.69) is 0 Å². The van der Waals surface area contributed by atoms with Gasteiger partial charge in [0, 0.05) is 18.7 Å². The second kappa shape index (κ2) is 6.96. The summed E-state index contributed by atoms with van der Waals surface area (Å²) in [6, 6.07) is 5.14. The second-order valence-corrected chi connectivity index (χ2v) is 5.12. The molecule has 0 spiro atoms. The van der Waals surface area contributed by atoms with Gasteiger partial charge in [-0.3, -0.25) is 14.9 Å². The van der Waals surface area contributed by atoms with Gasteiger partial charge in [-0.15, -0.1) is 0 Å². The SMILES string of the molecule is CC(=O)SCCC=Cc1ccc(C)cc1[N+](=O)[O-]. The summed E-state index contributed by atoms with van der Waals surface area (Å²) in [5.41, 5.74) is 1.58. The lowest BCUT2D eigenvalue weighted by Gasteiger charge is -1.99. The fourth-order valence-corrected chi connectivity index (χ4v) is 1.98. The topological polar surface area (TPSA) is 60.2 Å². The fourth-order valence-electron chi connectivity index (χ4n) is 1.43. The number of thioether (sulfide) groups is 1. The minimum atomic E-state index is -0.378. The van der Waals surface area contributed by atoms with E-state index < -0.39 is 0 Å². The third-order valence-electron chi connectivity index (χ3n) is 2.27. The van der Waals surface area contributed by atoms with E-state index in [0.29, 0.717) is 11.3 Å². The zero-order valence-corrected chi connectivity index (χ0v) is 11.2. The lowest BCUT2D eigenvalue weighted by molar-refractivity contribution is -0.385. The van der Waals surface area contributed by atoms with E-state index in [9.17, 15) is 14.9 Å². The molecule has 5 heteroatoms. The number of rotatable bonds is 5. The molecule has 0 aromatic heterocycles. The van der Waals surface area contributed by atoms with Gasteiger partial charge in [0.2, 0.25) is 0 Å². The van der Waals surface area contributed by atoms with Gasteiger partial charge < -0.3 is 0 Å². The monoisotopic (exact) mass is 265 g/mol. The molecule has 1 aromatic carbocycles. The number of nitro groups is 1. The molecule has 4 nitrogen and oxygen atoms in total. The maximum Gasteiger partial charge on any atom is 0.276 e. The third-order valence-corrected chi connectivity index (χ3v) is 3.12. The Hall–Kier alpha value is -1.62. The van der Waals surface area contributed by atoms with Crippen molar-refractivity contribution in [2.45, 2.75) is 20.3 Å². The Labute approximate surface area is 110 Å². The van der Waals surface area contributed by atoms with Crippen molar-refractivity contribution in [3.63, 3.8) is 0 Å². The van der Waals surface area contributed by atoms with Crippen molar-refractivity contribution in [3.8, 4) is 0 Å². The van der Waals surface area contributed by atoms with E-state index in [4.69, 9.17) is 0 Å². The lowest BCUT2D eigenvalue weighted by Crippen LogP contribution is -1.92. The first-order chi connectivity index (χ1) is 8.50. The van der Waals surface area contributed by atoms with Crippen LogP contribution in [0.1, 0.15) is 24.5 Å². The normalized spacial score (nSPS) is 10.8. The van der Waals surface area contributed by atoms with E-state index >= 15 is 0 Å². The van der Waals surface area contributed by atoms with Crippen LogP contribution in [0, 0.1) is 17.0 Å². The van der Waals surface area contributed by atoms with Crippen LogP contribution in [0.15, 0.2) is 24.3 Å². The molecule has 0 N–H and O–H groups in total. The van der Waals surface area contributed by atoms with Crippen LogP contribution in [0.2, 0.25) is 0 Å². The van der Waals surface area contributed by atoms with Crippen LogP contribution in [-0.4, -0.2) is 15.8 Å². The quantitative estimate of drug-likeness (QED) is 0.464. The predicted octanol–water partition coefficient (Wildman–Crippen LogP) is 3.59. The fraction of sp³-hybridized carbons (Fsp3) is 0.308. The summed E-state index contributed by atoms with van der Waals surface area (Å²) in [5.74, 6) is 0.700. The number of carbonyl (C=O) groups is 1. The molecule has 0 aliphatic rings. The number of nitrogens with zero attached hydrogens (tertiary/aromatic N) is 1. The van der Waals surface area contributed by atoms with E-state index in [0.717, 1.165) is 12.0 Å². The lowest BCUT2D eigenvalue weighted by atomic mass is 10.1. The van der Waals surface area contributed by atoms with Crippen LogP contribution in [-0.2, 0) is 4.79 Å². The van der Waals surface area contributed by atoms with Gasteiger partial charge in [0.05, 0.1) is 10.5 Å². The molecule has 0 saturated heterocycles. The van der Waals surface area contributed by atoms with Crippen molar-refractivity contribution < 1.29 is 9.72 Å². The van der Waals surface area contributed by atoms with Crippen LogP contribution in [0.3, 0.4) is 0 Å². The van der Waals surface area contributed by atoms with Crippen molar-refractivity contribution in [2.75, 3.05) is 5.75 Å². The first-order valence-corrected chi connectivity index (χ1v) is 6.54. The van der Waals surface area contributed by atoms with Gasteiger partial charge in [0.15, 0.2) is 5.12 Å². The predicted molar refractivity (Wildman–Crippen MR) is 74.6 cm³/mol. The van der Waals surface area contributed by atoms with E-state index in [-0.39, 0.29) is 15.7 Å². The summed E-state index contributed by atoms with van der Waals surface area (Å²) in [6.45, 7) is 3.35. The average molecular weight is 265 g/mol. The smallest absolute Gasteiger partial charge is 0.276 e. The summed E-state index contributed by atoms with van der Waals surface area (Å²) in [4.78, 5) is 21.2. The van der Waals surface area contributed by atoms with Crippen LogP contribution in [0.4, 0.5) is 5.69 Å². The maximum absolute atomic E-state index is 10.9. The van der Waals surface area contributed by atoms with E-state index in [1.807, 2.05) is 19.1 Å². The highest BCUT2D eigenvalue weighted by Gasteiger charge is 2.10. The molecular formula is C13H15NO3S. The molecule has 0 bridgehead atoms. The van der Waals surface area contributed by atoms with Crippen molar-refractivity contribution in [1.29, 1.82) is 0 Å². The van der Waals surface area contributed by atoms with Gasteiger partial charge in [0.25, 0.3) is 5.69 Å². The van der Waals surface area contributed by atoms with Crippen LogP contribution in [0.25, 0.3) is 6.08 Å². The van der Waals surface area contributed by atoms with Crippen LogP contribution in [0.5, 0.6) is 0 Å². The number of nitro benzene ring substituents is 1. The molecule has 1 aromatic rings. The Morgan fingerprint density at radius 3 is 2.83 bits per heavy atom. The maximum atomic E-state index is 10.9. The number of allylic oxidation sites excluding steroid dienone is 1. The largest absolute Gasteiger partial charge is 0.288 e. The van der Waals surface area contributed by atoms with Gasteiger partial charge in [-0.1, -0.05) is 30.0 Å². The number of carbonyl (C=O) groups excluding carboxylic acids is 1. The Kier molecular flexibility index (Phi) is 5.58. The molecule has 96 valence electrons. The zero-order chi connectivity index (χ0) is 13.5. The molecule has 18 heavy (non-hydrogen) atoms. The van der Waals surface area contributed by atoms with Gasteiger partial charge in [-0.2, -0.15) is 0 Å². The van der Waals surface area contributed by atoms with E-state index in [1.165, 1.54) is 18.7 Å². The standard InChI is InChI=1S/C13H15NO3S/c1-10-6-7-12(13(9-10)14(16)17)5-3-4-8-18-11(2)15/h3,5-7,9H,4,8H2,1-2H3. The molecule has 0 unspecified atom stereocenters. The molecule has 1 rings (SSSR count). The highest BCUT2D eigenvalue weighted by molar-refractivity contribution is 8.13. The Bertz CT molecular complexity index is 483. The third kappa shape index (κ3) is 4.71. The van der Waals surface area contributed by atoms with Gasteiger partial charge >= 0.3 is 0 Å². The first kappa shape index (κ1) is 14.4.